The van der Waals surface area contributed by atoms with Crippen LogP contribution < -0.4 is 9.64 Å². The fraction of sp³-hybridized carbons (Fsp3) is 0.524. The van der Waals surface area contributed by atoms with Crippen molar-refractivity contribution in [1.29, 1.82) is 0 Å². The smallest absolute Gasteiger partial charge is 0.218 e. The topological polar surface area (TPSA) is 67.7 Å². The van der Waals surface area contributed by atoms with Crippen molar-refractivity contribution in [1.82, 2.24) is 9.97 Å². The average Bonchev–Trinajstić information content (AvgIpc) is 2.74. The van der Waals surface area contributed by atoms with Crippen LogP contribution in [0.5, 0.6) is 5.88 Å². The number of hydrogen-bond donors (Lipinski definition) is 1. The minimum Gasteiger partial charge on any atom is -0.481 e. The number of ether oxygens (including phenoxy) is 2. The summed E-state index contributed by atoms with van der Waals surface area (Å²) in [5, 5.41) is 9.11. The van der Waals surface area contributed by atoms with Crippen LogP contribution in [0.2, 0.25) is 0 Å². The third-order valence-electron chi connectivity index (χ3n) is 6.06. The second kappa shape index (κ2) is 7.82. The molecule has 6 nitrogen and oxygen atoms in total. The summed E-state index contributed by atoms with van der Waals surface area (Å²) in [6.07, 6.45) is 6.01. The molecule has 1 unspecified atom stereocenters. The Balaban J connectivity index is 1.53. The lowest BCUT2D eigenvalue weighted by Crippen LogP contribution is -2.45. The van der Waals surface area contributed by atoms with Crippen molar-refractivity contribution in [2.45, 2.75) is 37.2 Å². The standard InChI is InChI=1S/C21H27N3O3/c1-26-20-14-19(22-15-23-20)24-10-8-21(9-11-24)7-6-18(27-13-12-25)16-4-2-3-5-17(16)21/h2-5,14-15,18,25H,6-13H2,1H3. The first-order chi connectivity index (χ1) is 13.3. The van der Waals surface area contributed by atoms with E-state index in [0.717, 1.165) is 44.6 Å². The van der Waals surface area contributed by atoms with Crippen LogP contribution in [0.3, 0.4) is 0 Å². The Morgan fingerprint density at radius 1 is 1.19 bits per heavy atom. The van der Waals surface area contributed by atoms with Crippen molar-refractivity contribution in [2.24, 2.45) is 0 Å². The van der Waals surface area contributed by atoms with Crippen molar-refractivity contribution in [3.8, 4) is 5.88 Å². The minimum absolute atomic E-state index is 0.0706. The quantitative estimate of drug-likeness (QED) is 0.874. The van der Waals surface area contributed by atoms with E-state index in [-0.39, 0.29) is 18.1 Å². The first kappa shape index (κ1) is 18.2. The maximum atomic E-state index is 9.11. The minimum atomic E-state index is 0.0706. The van der Waals surface area contributed by atoms with E-state index < -0.39 is 0 Å². The molecule has 1 spiro atoms. The Bertz CT molecular complexity index is 775. The van der Waals surface area contributed by atoms with E-state index >= 15 is 0 Å². The van der Waals surface area contributed by atoms with Crippen LogP contribution in [0, 0.1) is 0 Å². The number of aliphatic hydroxyl groups is 1. The molecular weight excluding hydrogens is 342 g/mol. The summed E-state index contributed by atoms with van der Waals surface area (Å²) in [4.78, 5) is 10.9. The molecule has 0 radical (unpaired) electrons. The van der Waals surface area contributed by atoms with Gasteiger partial charge in [-0.3, -0.25) is 0 Å². The van der Waals surface area contributed by atoms with Crippen molar-refractivity contribution in [3.63, 3.8) is 0 Å². The van der Waals surface area contributed by atoms with Crippen molar-refractivity contribution in [3.05, 3.63) is 47.8 Å². The maximum absolute atomic E-state index is 9.11. The number of fused-ring (bicyclic) bond motifs is 2. The van der Waals surface area contributed by atoms with Crippen molar-refractivity contribution >= 4 is 5.82 Å². The monoisotopic (exact) mass is 369 g/mol. The van der Waals surface area contributed by atoms with Gasteiger partial charge in [-0.05, 0) is 42.2 Å². The molecule has 1 atom stereocenters. The summed E-state index contributed by atoms with van der Waals surface area (Å²) >= 11 is 0. The highest BCUT2D eigenvalue weighted by Gasteiger charge is 2.42. The van der Waals surface area contributed by atoms with E-state index in [9.17, 15) is 0 Å². The molecule has 1 fully saturated rings. The second-order valence-electron chi connectivity index (χ2n) is 7.39. The van der Waals surface area contributed by atoms with Gasteiger partial charge in [0.15, 0.2) is 0 Å². The fourth-order valence-corrected chi connectivity index (χ4v) is 4.62. The van der Waals surface area contributed by atoms with Crippen molar-refractivity contribution < 1.29 is 14.6 Å². The first-order valence-corrected chi connectivity index (χ1v) is 9.68. The van der Waals surface area contributed by atoms with Gasteiger partial charge >= 0.3 is 0 Å². The summed E-state index contributed by atoms with van der Waals surface area (Å²) in [6.45, 7) is 2.41. The Morgan fingerprint density at radius 3 is 2.78 bits per heavy atom. The van der Waals surface area contributed by atoms with Gasteiger partial charge in [0.1, 0.15) is 12.1 Å². The zero-order chi connectivity index (χ0) is 18.7. The summed E-state index contributed by atoms with van der Waals surface area (Å²) in [7, 11) is 1.63. The molecule has 1 N–H and O–H groups in total. The van der Waals surface area contributed by atoms with Gasteiger partial charge in [-0.1, -0.05) is 24.3 Å². The molecule has 144 valence electrons. The molecular formula is C21H27N3O3. The largest absolute Gasteiger partial charge is 0.481 e. The summed E-state index contributed by atoms with van der Waals surface area (Å²) in [6, 6.07) is 10.6. The maximum Gasteiger partial charge on any atom is 0.218 e. The van der Waals surface area contributed by atoms with Gasteiger partial charge in [0.05, 0.1) is 26.4 Å². The molecule has 0 amide bonds. The highest BCUT2D eigenvalue weighted by atomic mass is 16.5. The number of anilines is 1. The number of nitrogens with zero attached hydrogens (tertiary/aromatic N) is 3. The number of hydrogen-bond acceptors (Lipinski definition) is 6. The Morgan fingerprint density at radius 2 is 2.00 bits per heavy atom. The summed E-state index contributed by atoms with van der Waals surface area (Å²) < 4.78 is 11.2. The molecule has 2 aromatic rings. The normalized spacial score (nSPS) is 21.1. The molecule has 1 aromatic heterocycles. The van der Waals surface area contributed by atoms with Gasteiger partial charge in [0.2, 0.25) is 5.88 Å². The van der Waals surface area contributed by atoms with E-state index in [4.69, 9.17) is 14.6 Å². The van der Waals surface area contributed by atoms with Gasteiger partial charge in [-0.25, -0.2) is 9.97 Å². The van der Waals surface area contributed by atoms with Gasteiger partial charge in [0.25, 0.3) is 0 Å². The number of methoxy groups -OCH3 is 1. The zero-order valence-electron chi connectivity index (χ0n) is 15.8. The van der Waals surface area contributed by atoms with E-state index in [0.29, 0.717) is 12.5 Å². The Labute approximate surface area is 160 Å². The molecule has 1 aliphatic carbocycles. The van der Waals surface area contributed by atoms with Crippen LogP contribution in [-0.2, 0) is 10.2 Å². The van der Waals surface area contributed by atoms with E-state index in [1.54, 1.807) is 13.4 Å². The molecule has 2 aliphatic rings. The van der Waals surface area contributed by atoms with E-state index in [1.165, 1.54) is 11.1 Å². The predicted octanol–water partition coefficient (Wildman–Crippen LogP) is 2.87. The predicted molar refractivity (Wildman–Crippen MR) is 103 cm³/mol. The number of rotatable bonds is 5. The molecule has 6 heteroatoms. The van der Waals surface area contributed by atoms with Crippen LogP contribution in [-0.4, -0.2) is 48.5 Å². The van der Waals surface area contributed by atoms with Crippen LogP contribution in [0.25, 0.3) is 0 Å². The van der Waals surface area contributed by atoms with E-state index in [1.807, 2.05) is 6.07 Å². The molecule has 0 saturated carbocycles. The number of aromatic nitrogens is 2. The average molecular weight is 369 g/mol. The van der Waals surface area contributed by atoms with Crippen LogP contribution in [0.4, 0.5) is 5.82 Å². The lowest BCUT2D eigenvalue weighted by molar-refractivity contribution is 0.00906. The molecule has 2 heterocycles. The molecule has 1 aromatic carbocycles. The molecule has 4 rings (SSSR count). The van der Waals surface area contributed by atoms with Gasteiger partial charge in [0, 0.05) is 19.2 Å². The number of aliphatic hydroxyl groups excluding tert-OH is 1. The third-order valence-corrected chi connectivity index (χ3v) is 6.06. The highest BCUT2D eigenvalue weighted by Crippen LogP contribution is 2.49. The molecule has 1 saturated heterocycles. The molecule has 0 bridgehead atoms. The number of benzene rings is 1. The lowest BCUT2D eigenvalue weighted by Gasteiger charge is -2.47. The third kappa shape index (κ3) is 3.51. The first-order valence-electron chi connectivity index (χ1n) is 9.68. The molecule has 27 heavy (non-hydrogen) atoms. The number of piperidine rings is 1. The van der Waals surface area contributed by atoms with E-state index in [2.05, 4.69) is 39.1 Å². The second-order valence-corrected chi connectivity index (χ2v) is 7.39. The van der Waals surface area contributed by atoms with Gasteiger partial charge < -0.3 is 19.5 Å². The van der Waals surface area contributed by atoms with Crippen LogP contribution >= 0.6 is 0 Å². The SMILES string of the molecule is COc1cc(N2CCC3(CCC(OCCO)c4ccccc43)CC2)ncn1. The summed E-state index contributed by atoms with van der Waals surface area (Å²) in [5.74, 6) is 1.54. The van der Waals surface area contributed by atoms with Gasteiger partial charge in [-0.2, -0.15) is 0 Å². The zero-order valence-corrected chi connectivity index (χ0v) is 15.8. The fourth-order valence-electron chi connectivity index (χ4n) is 4.62. The lowest BCUT2D eigenvalue weighted by atomic mass is 9.64. The highest BCUT2D eigenvalue weighted by molar-refractivity contribution is 5.44. The van der Waals surface area contributed by atoms with Crippen molar-refractivity contribution in [2.75, 3.05) is 38.3 Å². The summed E-state index contributed by atoms with van der Waals surface area (Å²) in [5.41, 5.74) is 2.94. The van der Waals surface area contributed by atoms with Gasteiger partial charge in [-0.15, -0.1) is 0 Å². The van der Waals surface area contributed by atoms with Crippen LogP contribution in [0.15, 0.2) is 36.7 Å². The van der Waals surface area contributed by atoms with Crippen LogP contribution in [0.1, 0.15) is 42.9 Å². The Kier molecular flexibility index (Phi) is 5.27. The molecule has 1 aliphatic heterocycles. The Hall–Kier alpha value is -2.18.